The largest absolute Gasteiger partial charge is 0.359 e. The van der Waals surface area contributed by atoms with E-state index in [1.54, 1.807) is 23.7 Å². The summed E-state index contributed by atoms with van der Waals surface area (Å²) in [6.07, 6.45) is 7.89. The maximum Gasteiger partial charge on any atom is 0.255 e. The number of nitrogens with one attached hydrogen (secondary N) is 2. The lowest BCUT2D eigenvalue weighted by atomic mass is 9.79. The number of nitrogens with zero attached hydrogens (tertiary/aromatic N) is 1. The van der Waals surface area contributed by atoms with Gasteiger partial charge in [-0.1, -0.05) is 37.3 Å². The van der Waals surface area contributed by atoms with E-state index in [4.69, 9.17) is 0 Å². The molecule has 1 aliphatic heterocycles. The highest BCUT2D eigenvalue weighted by Crippen LogP contribution is 2.50. The number of thioether (sulfide) groups is 1. The van der Waals surface area contributed by atoms with Gasteiger partial charge in [-0.25, -0.2) is 0 Å². The number of carbonyl (C=O) groups excluding carboxylic acids is 3. The summed E-state index contributed by atoms with van der Waals surface area (Å²) in [5.74, 6) is 3.17. The Morgan fingerprint density at radius 2 is 1.93 bits per heavy atom. The molecule has 5 atom stereocenters. The van der Waals surface area contributed by atoms with Crippen LogP contribution < -0.4 is 10.6 Å². The first-order valence-electron chi connectivity index (χ1n) is 14.8. The maximum atomic E-state index is 13.1. The second-order valence-electron chi connectivity index (χ2n) is 12.4. The molecule has 1 heterocycles. The third-order valence-corrected chi connectivity index (χ3v) is 10.6. The van der Waals surface area contributed by atoms with Crippen LogP contribution in [0.1, 0.15) is 79.4 Å². The second-order valence-corrected chi connectivity index (χ2v) is 13.4. The van der Waals surface area contributed by atoms with Gasteiger partial charge in [-0.2, -0.15) is 0 Å². The number of amides is 2. The summed E-state index contributed by atoms with van der Waals surface area (Å²) < 4.78 is 0. The van der Waals surface area contributed by atoms with Gasteiger partial charge in [0.2, 0.25) is 5.91 Å². The average molecular weight is 562 g/mol. The zero-order valence-corrected chi connectivity index (χ0v) is 24.9. The highest BCUT2D eigenvalue weighted by molar-refractivity contribution is 7.98. The van der Waals surface area contributed by atoms with E-state index in [0.717, 1.165) is 53.2 Å². The fourth-order valence-corrected chi connectivity index (χ4v) is 8.34. The van der Waals surface area contributed by atoms with Crippen LogP contribution >= 0.6 is 11.8 Å². The number of hydrogen-bond acceptors (Lipinski definition) is 5. The van der Waals surface area contributed by atoms with Gasteiger partial charge < -0.3 is 20.3 Å². The second kappa shape index (κ2) is 12.5. The zero-order valence-electron chi connectivity index (χ0n) is 24.1. The molecule has 2 N–H and O–H groups in total. The minimum Gasteiger partial charge on any atom is -0.359 e. The predicted octanol–water partition coefficient (Wildman–Crippen LogP) is 5.38. The topological polar surface area (TPSA) is 78.5 Å². The quantitative estimate of drug-likeness (QED) is 0.269. The van der Waals surface area contributed by atoms with Gasteiger partial charge in [0, 0.05) is 41.8 Å². The van der Waals surface area contributed by atoms with Gasteiger partial charge in [0.25, 0.3) is 5.91 Å². The van der Waals surface area contributed by atoms with E-state index in [2.05, 4.69) is 54.8 Å². The van der Waals surface area contributed by atoms with Crippen molar-refractivity contribution in [3.05, 3.63) is 64.7 Å². The molecule has 0 aromatic heterocycles. The smallest absolute Gasteiger partial charge is 0.255 e. The Hall–Kier alpha value is -2.64. The number of hydrogen-bond donors (Lipinski definition) is 2. The van der Waals surface area contributed by atoms with Crippen LogP contribution in [0.5, 0.6) is 0 Å². The molecule has 0 radical (unpaired) electrons. The van der Waals surface area contributed by atoms with Crippen molar-refractivity contribution >= 4 is 29.9 Å². The molecule has 2 saturated carbocycles. The van der Waals surface area contributed by atoms with Crippen LogP contribution in [0, 0.1) is 17.8 Å². The van der Waals surface area contributed by atoms with E-state index in [-0.39, 0.29) is 18.2 Å². The summed E-state index contributed by atoms with van der Waals surface area (Å²) in [5.41, 5.74) is 4.55. The summed E-state index contributed by atoms with van der Waals surface area (Å²) in [6, 6.07) is 14.1. The number of aldehydes is 1. The summed E-state index contributed by atoms with van der Waals surface area (Å²) in [4.78, 5) is 39.2. The molecule has 2 amide bonds. The van der Waals surface area contributed by atoms with Crippen LogP contribution in [0.25, 0.3) is 0 Å². The van der Waals surface area contributed by atoms with Crippen LogP contribution in [0.2, 0.25) is 0 Å². The van der Waals surface area contributed by atoms with E-state index in [0.29, 0.717) is 24.1 Å². The molecule has 3 aliphatic rings. The molecule has 0 saturated heterocycles. The molecule has 2 aromatic rings. The monoisotopic (exact) mass is 561 g/mol. The zero-order chi connectivity index (χ0) is 28.3. The van der Waals surface area contributed by atoms with E-state index in [1.807, 2.05) is 12.1 Å². The van der Waals surface area contributed by atoms with E-state index >= 15 is 0 Å². The molecule has 2 bridgehead atoms. The van der Waals surface area contributed by atoms with E-state index in [1.165, 1.54) is 36.8 Å². The molecule has 5 rings (SSSR count). The maximum absolute atomic E-state index is 13.1. The van der Waals surface area contributed by atoms with Crippen molar-refractivity contribution in [2.24, 2.45) is 17.8 Å². The molecule has 214 valence electrons. The predicted molar refractivity (Wildman–Crippen MR) is 160 cm³/mol. The Morgan fingerprint density at radius 3 is 2.67 bits per heavy atom. The first-order chi connectivity index (χ1) is 19.3. The Labute approximate surface area is 243 Å². The van der Waals surface area contributed by atoms with Gasteiger partial charge >= 0.3 is 0 Å². The van der Waals surface area contributed by atoms with Crippen molar-refractivity contribution in [1.82, 2.24) is 15.5 Å². The van der Waals surface area contributed by atoms with Crippen LogP contribution in [0.3, 0.4) is 0 Å². The van der Waals surface area contributed by atoms with Crippen molar-refractivity contribution in [2.45, 2.75) is 87.6 Å². The lowest BCUT2D eigenvalue weighted by molar-refractivity contribution is -0.121. The van der Waals surface area contributed by atoms with Crippen molar-refractivity contribution in [1.29, 1.82) is 0 Å². The lowest BCUT2D eigenvalue weighted by Gasteiger charge is -2.34. The Kier molecular flexibility index (Phi) is 9.01. The first-order valence-corrected chi connectivity index (χ1v) is 15.8. The number of rotatable bonds is 12. The minimum absolute atomic E-state index is 0.130. The molecule has 6 nitrogen and oxygen atoms in total. The lowest BCUT2D eigenvalue weighted by Crippen LogP contribution is -2.46. The fraction of sp³-hybridized carbons (Fsp3) is 0.545. The van der Waals surface area contributed by atoms with Crippen molar-refractivity contribution in [2.75, 3.05) is 13.6 Å². The van der Waals surface area contributed by atoms with Gasteiger partial charge in [0.1, 0.15) is 6.29 Å². The Morgan fingerprint density at radius 1 is 1.15 bits per heavy atom. The molecule has 2 fully saturated rings. The third kappa shape index (κ3) is 6.31. The highest BCUT2D eigenvalue weighted by atomic mass is 32.2. The van der Waals surface area contributed by atoms with Gasteiger partial charge in [0.05, 0.1) is 6.04 Å². The fourth-order valence-electron chi connectivity index (χ4n) is 7.30. The number of benzene rings is 2. The van der Waals surface area contributed by atoms with Crippen molar-refractivity contribution < 1.29 is 14.4 Å². The molecule has 5 unspecified atom stereocenters. The molecular weight excluding hydrogens is 518 g/mol. The van der Waals surface area contributed by atoms with Gasteiger partial charge in [-0.15, -0.1) is 11.8 Å². The first kappa shape index (κ1) is 28.9. The van der Waals surface area contributed by atoms with Crippen molar-refractivity contribution in [3.63, 3.8) is 0 Å². The van der Waals surface area contributed by atoms with Crippen LogP contribution in [-0.4, -0.2) is 48.2 Å². The van der Waals surface area contributed by atoms with Crippen LogP contribution in [0.15, 0.2) is 47.4 Å². The third-order valence-electron chi connectivity index (χ3n) is 9.47. The van der Waals surface area contributed by atoms with Gasteiger partial charge in [-0.05, 0) is 98.6 Å². The molecule has 0 spiro atoms. The van der Waals surface area contributed by atoms with E-state index in [9.17, 15) is 14.4 Å². The minimum atomic E-state index is -0.600. The van der Waals surface area contributed by atoms with Gasteiger partial charge in [0.15, 0.2) is 0 Å². The summed E-state index contributed by atoms with van der Waals surface area (Å²) in [7, 11) is 1.57. The highest BCUT2D eigenvalue weighted by Gasteiger charge is 2.46. The Balaban J connectivity index is 1.13. The molecule has 2 aliphatic carbocycles. The number of fused-ring (bicyclic) bond motifs is 3. The SMILES string of the molecule is CNC(=O)CCC(C=O)N1Cc2c(SCc3ccc(CCNC4(C)CC5CC(C)CC4C5)cc3)cccc2C1=O. The molecule has 2 aromatic carbocycles. The molecular formula is C33H43N3O3S. The van der Waals surface area contributed by atoms with Crippen LogP contribution in [0.4, 0.5) is 0 Å². The standard InChI is InChI=1S/C33H43N3O3S/c1-22-15-25-17-26(16-22)33(2,18-25)35-14-13-23-7-9-24(10-8-23)21-40-30-6-4-5-28-29(30)19-36(32(28)39)27(20-37)11-12-31(38)34-3/h4-10,20,22,25-27,35H,11-19,21H2,1-3H3,(H,34,38). The van der Waals surface area contributed by atoms with Gasteiger partial charge in [-0.3, -0.25) is 9.59 Å². The molecule has 7 heteroatoms. The van der Waals surface area contributed by atoms with Crippen LogP contribution in [-0.2, 0) is 28.3 Å². The summed E-state index contributed by atoms with van der Waals surface area (Å²) >= 11 is 1.73. The summed E-state index contributed by atoms with van der Waals surface area (Å²) in [6.45, 7) is 6.30. The normalized spacial score (nSPS) is 26.0. The van der Waals surface area contributed by atoms with Crippen molar-refractivity contribution in [3.8, 4) is 0 Å². The number of carbonyl (C=O) groups is 3. The Bertz CT molecular complexity index is 1230. The summed E-state index contributed by atoms with van der Waals surface area (Å²) in [5, 5.41) is 6.52. The average Bonchev–Trinajstić information content (AvgIpc) is 3.40. The van der Waals surface area contributed by atoms with E-state index < -0.39 is 6.04 Å². The molecule has 40 heavy (non-hydrogen) atoms.